The van der Waals surface area contributed by atoms with Crippen LogP contribution in [0.15, 0.2) is 41.6 Å². The summed E-state index contributed by atoms with van der Waals surface area (Å²) in [6.45, 7) is 17.9. The summed E-state index contributed by atoms with van der Waals surface area (Å²) in [6.07, 6.45) is 3.94. The second-order valence-electron chi connectivity index (χ2n) is 4.54. The van der Waals surface area contributed by atoms with Gasteiger partial charge in [0.2, 0.25) is 0 Å². The lowest BCUT2D eigenvalue weighted by Gasteiger charge is -2.20. The number of hydrogen-bond donors (Lipinski definition) is 0. The number of aliphatic imine (C=N–C) groups is 1. The molecule has 1 heteroatoms. The van der Waals surface area contributed by atoms with Gasteiger partial charge in [0, 0.05) is 11.4 Å². The lowest BCUT2D eigenvalue weighted by atomic mass is 9.86. The first-order chi connectivity index (χ1) is 6.27. The Bertz CT molecular complexity index is 285. The summed E-state index contributed by atoms with van der Waals surface area (Å²) in [5.74, 6) is 0. The van der Waals surface area contributed by atoms with Crippen LogP contribution in [0.5, 0.6) is 0 Å². The van der Waals surface area contributed by atoms with Gasteiger partial charge in [0.15, 0.2) is 0 Å². The van der Waals surface area contributed by atoms with E-state index < -0.39 is 0 Å². The summed E-state index contributed by atoms with van der Waals surface area (Å²) in [6, 6.07) is 0. The lowest BCUT2D eigenvalue weighted by molar-refractivity contribution is 0.518. The molecule has 0 radical (unpaired) electrons. The second-order valence-corrected chi connectivity index (χ2v) is 4.54. The third-order valence-electron chi connectivity index (χ3n) is 1.82. The van der Waals surface area contributed by atoms with Crippen LogP contribution in [-0.2, 0) is 0 Å². The monoisotopic (exact) mass is 191 g/mol. The molecule has 0 amide bonds. The molecule has 0 N–H and O–H groups in total. The number of hydrogen-bond acceptors (Lipinski definition) is 1. The summed E-state index contributed by atoms with van der Waals surface area (Å²) < 4.78 is 0. The van der Waals surface area contributed by atoms with E-state index in [9.17, 15) is 0 Å². The molecule has 0 fully saturated rings. The summed E-state index contributed by atoms with van der Waals surface area (Å²) in [7, 11) is 0. The summed E-state index contributed by atoms with van der Waals surface area (Å²) in [4.78, 5) is 4.28. The Kier molecular flexibility index (Phi) is 4.55. The summed E-state index contributed by atoms with van der Waals surface area (Å²) in [5, 5.41) is 0. The van der Waals surface area contributed by atoms with Crippen LogP contribution in [0.1, 0.15) is 34.6 Å². The second kappa shape index (κ2) is 4.94. The van der Waals surface area contributed by atoms with Crippen LogP contribution in [0.25, 0.3) is 0 Å². The summed E-state index contributed by atoms with van der Waals surface area (Å²) in [5.41, 5.74) is 3.12. The first-order valence-electron chi connectivity index (χ1n) is 4.83. The fourth-order valence-electron chi connectivity index (χ4n) is 1.14. The highest BCUT2D eigenvalue weighted by Gasteiger charge is 2.13. The fraction of sp³-hybridized carbons (Fsp3) is 0.462. The van der Waals surface area contributed by atoms with Gasteiger partial charge in [-0.3, -0.25) is 4.99 Å². The van der Waals surface area contributed by atoms with Crippen molar-refractivity contribution in [1.29, 1.82) is 0 Å². The maximum Gasteiger partial charge on any atom is 0.0378 e. The molecule has 0 bridgehead atoms. The molecular weight excluding hydrogens is 170 g/mol. The summed E-state index contributed by atoms with van der Waals surface area (Å²) >= 11 is 0. The minimum Gasteiger partial charge on any atom is -0.259 e. The van der Waals surface area contributed by atoms with Crippen molar-refractivity contribution in [2.24, 2.45) is 10.4 Å². The van der Waals surface area contributed by atoms with Crippen molar-refractivity contribution >= 4 is 5.71 Å². The molecule has 0 aromatic carbocycles. The van der Waals surface area contributed by atoms with Gasteiger partial charge in [0.1, 0.15) is 0 Å². The fourth-order valence-corrected chi connectivity index (χ4v) is 1.14. The highest BCUT2D eigenvalue weighted by molar-refractivity contribution is 5.94. The highest BCUT2D eigenvalue weighted by Crippen LogP contribution is 2.25. The van der Waals surface area contributed by atoms with E-state index in [-0.39, 0.29) is 5.41 Å². The van der Waals surface area contributed by atoms with Crippen molar-refractivity contribution in [2.45, 2.75) is 34.6 Å². The van der Waals surface area contributed by atoms with Crippen LogP contribution in [0.2, 0.25) is 0 Å². The zero-order chi connectivity index (χ0) is 11.4. The number of allylic oxidation sites excluding steroid dienone is 4. The topological polar surface area (TPSA) is 12.4 Å². The predicted molar refractivity (Wildman–Crippen MR) is 65.7 cm³/mol. The molecule has 1 nitrogen and oxygen atoms in total. The van der Waals surface area contributed by atoms with Gasteiger partial charge < -0.3 is 0 Å². The maximum atomic E-state index is 4.28. The molecule has 0 saturated heterocycles. The van der Waals surface area contributed by atoms with E-state index in [0.29, 0.717) is 0 Å². The average Bonchev–Trinajstić information content (AvgIpc) is 1.96. The van der Waals surface area contributed by atoms with E-state index in [2.05, 4.69) is 45.0 Å². The molecular formula is C13H21N. The molecule has 0 unspecified atom stereocenters. The third kappa shape index (κ3) is 4.80. The zero-order valence-electron chi connectivity index (χ0n) is 10.0. The Morgan fingerprint density at radius 3 is 2.00 bits per heavy atom. The third-order valence-corrected chi connectivity index (χ3v) is 1.82. The van der Waals surface area contributed by atoms with Gasteiger partial charge in [-0.05, 0) is 30.9 Å². The van der Waals surface area contributed by atoms with Crippen molar-refractivity contribution in [3.8, 4) is 0 Å². The van der Waals surface area contributed by atoms with Gasteiger partial charge >= 0.3 is 0 Å². The zero-order valence-corrected chi connectivity index (χ0v) is 10.0. The minimum atomic E-state index is 0.119. The van der Waals surface area contributed by atoms with Crippen LogP contribution >= 0.6 is 0 Å². The molecule has 0 aromatic rings. The Hall–Kier alpha value is -1.11. The standard InChI is InChI=1S/C13H21N/c1-8-12(13(5,6)7)9-11(4)14-10(2)3/h8-9H,1-2H2,3-7H3/b12-9+,14-11?. The van der Waals surface area contributed by atoms with Crippen LogP contribution in [-0.4, -0.2) is 5.71 Å². The highest BCUT2D eigenvalue weighted by atomic mass is 14.7. The quantitative estimate of drug-likeness (QED) is 0.469. The predicted octanol–water partition coefficient (Wildman–Crippen LogP) is 4.14. The Morgan fingerprint density at radius 2 is 1.71 bits per heavy atom. The molecule has 14 heavy (non-hydrogen) atoms. The van der Waals surface area contributed by atoms with Crippen molar-refractivity contribution in [3.63, 3.8) is 0 Å². The van der Waals surface area contributed by atoms with Crippen LogP contribution in [0.4, 0.5) is 0 Å². The average molecular weight is 191 g/mol. The van der Waals surface area contributed by atoms with E-state index in [1.54, 1.807) is 0 Å². The first kappa shape index (κ1) is 12.9. The largest absolute Gasteiger partial charge is 0.259 e. The van der Waals surface area contributed by atoms with Gasteiger partial charge in [-0.25, -0.2) is 0 Å². The van der Waals surface area contributed by atoms with E-state index >= 15 is 0 Å². The van der Waals surface area contributed by atoms with Gasteiger partial charge in [-0.2, -0.15) is 0 Å². The number of rotatable bonds is 3. The van der Waals surface area contributed by atoms with Crippen molar-refractivity contribution in [3.05, 3.63) is 36.6 Å². The normalized spacial score (nSPS) is 14.1. The molecule has 0 aromatic heterocycles. The van der Waals surface area contributed by atoms with E-state index in [4.69, 9.17) is 0 Å². The smallest absolute Gasteiger partial charge is 0.0378 e. The molecule has 0 saturated carbocycles. The van der Waals surface area contributed by atoms with Gasteiger partial charge in [0.05, 0.1) is 0 Å². The van der Waals surface area contributed by atoms with Gasteiger partial charge in [0.25, 0.3) is 0 Å². The number of nitrogens with zero attached hydrogens (tertiary/aromatic N) is 1. The van der Waals surface area contributed by atoms with Crippen molar-refractivity contribution < 1.29 is 0 Å². The van der Waals surface area contributed by atoms with E-state index in [1.165, 1.54) is 5.57 Å². The SMILES string of the molecule is C=C/C(=C\C(C)=NC(=C)C)C(C)(C)C. The van der Waals surface area contributed by atoms with Gasteiger partial charge in [-0.1, -0.05) is 40.0 Å². The first-order valence-corrected chi connectivity index (χ1v) is 4.83. The Labute approximate surface area is 87.9 Å². The molecule has 0 rings (SSSR count). The molecule has 0 heterocycles. The van der Waals surface area contributed by atoms with E-state index in [1.807, 2.05) is 19.9 Å². The lowest BCUT2D eigenvalue weighted by Crippen LogP contribution is -2.08. The van der Waals surface area contributed by atoms with Crippen LogP contribution < -0.4 is 0 Å². The van der Waals surface area contributed by atoms with E-state index in [0.717, 1.165) is 11.4 Å². The Balaban J connectivity index is 4.96. The molecule has 0 atom stereocenters. The van der Waals surface area contributed by atoms with Crippen molar-refractivity contribution in [2.75, 3.05) is 0 Å². The van der Waals surface area contributed by atoms with Crippen LogP contribution in [0, 0.1) is 5.41 Å². The van der Waals surface area contributed by atoms with Crippen molar-refractivity contribution in [1.82, 2.24) is 0 Å². The minimum absolute atomic E-state index is 0.119. The van der Waals surface area contributed by atoms with Crippen LogP contribution in [0.3, 0.4) is 0 Å². The molecule has 0 aliphatic rings. The molecule has 0 spiro atoms. The maximum absolute atomic E-state index is 4.28. The molecule has 0 aliphatic heterocycles. The molecule has 78 valence electrons. The molecule has 0 aliphatic carbocycles. The van der Waals surface area contributed by atoms with Gasteiger partial charge in [-0.15, -0.1) is 0 Å². The Morgan fingerprint density at radius 1 is 1.21 bits per heavy atom.